The molecule has 3 atom stereocenters. The van der Waals surface area contributed by atoms with Gasteiger partial charge in [0.15, 0.2) is 0 Å². The molecule has 0 unspecified atom stereocenters. The largest absolute Gasteiger partial charge is 0.408 e. The van der Waals surface area contributed by atoms with E-state index in [2.05, 4.69) is 0 Å². The van der Waals surface area contributed by atoms with E-state index in [1.54, 1.807) is 24.3 Å². The second-order valence-electron chi connectivity index (χ2n) is 5.20. The maximum absolute atomic E-state index is 11.4. The molecule has 22 heavy (non-hydrogen) atoms. The van der Waals surface area contributed by atoms with Crippen LogP contribution in [-0.4, -0.2) is 21.2 Å². The van der Waals surface area contributed by atoms with Gasteiger partial charge in [-0.15, -0.1) is 0 Å². The summed E-state index contributed by atoms with van der Waals surface area (Å²) >= 11 is 1.02. The first kappa shape index (κ1) is 15.0. The molecular weight excluding hydrogens is 302 g/mol. The Morgan fingerprint density at radius 1 is 1.23 bits per heavy atom. The van der Waals surface area contributed by atoms with Crippen molar-refractivity contribution in [1.82, 2.24) is 0 Å². The molecule has 6 heteroatoms. The Morgan fingerprint density at radius 2 is 1.86 bits per heavy atom. The number of epoxide rings is 1. The van der Waals surface area contributed by atoms with Gasteiger partial charge in [-0.05, 0) is 36.4 Å². The van der Waals surface area contributed by atoms with Crippen LogP contribution < -0.4 is 0 Å². The number of nitro groups is 1. The molecule has 3 rings (SSSR count). The van der Waals surface area contributed by atoms with E-state index < -0.39 is 22.2 Å². The number of aliphatic hydroxyl groups excluding tert-OH is 1. The maximum atomic E-state index is 11.4. The highest BCUT2D eigenvalue weighted by molar-refractivity contribution is 8.00. The average Bonchev–Trinajstić information content (AvgIpc) is 3.25. The van der Waals surface area contributed by atoms with Gasteiger partial charge in [0.2, 0.25) is 6.10 Å². The summed E-state index contributed by atoms with van der Waals surface area (Å²) in [5.74, 6) is 0. The number of thioether (sulfide) groups is 1. The SMILES string of the molecule is Cc1ccc(S[C@]2([N+](=O)[O-])O[C@@H]2[C@@H](O)c2ccccc2)cc1. The number of aliphatic hydroxyl groups is 1. The Labute approximate surface area is 132 Å². The first-order valence-corrected chi connectivity index (χ1v) is 7.65. The number of hydrogen-bond donors (Lipinski definition) is 1. The molecule has 0 saturated carbocycles. The van der Waals surface area contributed by atoms with Gasteiger partial charge in [0.25, 0.3) is 0 Å². The molecular formula is C16H15NO4S. The summed E-state index contributed by atoms with van der Waals surface area (Å²) in [6.45, 7) is 1.95. The lowest BCUT2D eigenvalue weighted by Gasteiger charge is -2.09. The lowest BCUT2D eigenvalue weighted by atomic mass is 10.1. The van der Waals surface area contributed by atoms with E-state index in [9.17, 15) is 15.2 Å². The number of hydrogen-bond acceptors (Lipinski definition) is 5. The minimum atomic E-state index is -1.62. The monoisotopic (exact) mass is 317 g/mol. The van der Waals surface area contributed by atoms with Crippen LogP contribution in [0.25, 0.3) is 0 Å². The molecule has 0 spiro atoms. The van der Waals surface area contributed by atoms with Crippen LogP contribution in [0, 0.1) is 17.0 Å². The third kappa shape index (κ3) is 2.72. The van der Waals surface area contributed by atoms with E-state index >= 15 is 0 Å². The van der Waals surface area contributed by atoms with Gasteiger partial charge in [-0.1, -0.05) is 48.0 Å². The van der Waals surface area contributed by atoms with Crippen LogP contribution in [0.4, 0.5) is 0 Å². The summed E-state index contributed by atoms with van der Waals surface area (Å²) in [5.41, 5.74) is 1.69. The summed E-state index contributed by atoms with van der Waals surface area (Å²) in [6.07, 6.45) is -1.89. The Bertz CT molecular complexity index is 676. The summed E-state index contributed by atoms with van der Waals surface area (Å²) < 4.78 is 5.33. The van der Waals surface area contributed by atoms with Crippen molar-refractivity contribution < 1.29 is 14.8 Å². The third-order valence-electron chi connectivity index (χ3n) is 3.57. The summed E-state index contributed by atoms with van der Waals surface area (Å²) in [5, 5.41) is 20.2. The molecule has 0 bridgehead atoms. The van der Waals surface area contributed by atoms with Crippen molar-refractivity contribution in [2.75, 3.05) is 0 Å². The van der Waals surface area contributed by atoms with E-state index in [0.29, 0.717) is 5.56 Å². The van der Waals surface area contributed by atoms with E-state index in [1.807, 2.05) is 37.3 Å². The smallest absolute Gasteiger partial charge is 0.385 e. The van der Waals surface area contributed by atoms with Gasteiger partial charge >= 0.3 is 5.06 Å². The molecule has 1 N–H and O–H groups in total. The predicted molar refractivity (Wildman–Crippen MR) is 83.0 cm³/mol. The van der Waals surface area contributed by atoms with E-state index in [-0.39, 0.29) is 0 Å². The van der Waals surface area contributed by atoms with E-state index in [1.165, 1.54) is 0 Å². The Morgan fingerprint density at radius 3 is 2.45 bits per heavy atom. The van der Waals surface area contributed by atoms with Crippen molar-refractivity contribution in [2.24, 2.45) is 0 Å². The molecule has 1 heterocycles. The Hall–Kier alpha value is -1.89. The number of ether oxygens (including phenoxy) is 1. The standard InChI is InChI=1S/C16H15NO4S/c1-11-7-9-13(10-8-11)22-16(17(19)20)15(21-16)14(18)12-5-3-2-4-6-12/h2-10,14-15,18H,1H3/t14-,15+,16+/m0/s1. The quantitative estimate of drug-likeness (QED) is 0.397. The molecule has 1 aliphatic heterocycles. The molecule has 0 radical (unpaired) electrons. The second kappa shape index (κ2) is 5.72. The number of rotatable bonds is 5. The van der Waals surface area contributed by atoms with Crippen LogP contribution in [0.3, 0.4) is 0 Å². The van der Waals surface area contributed by atoms with Gasteiger partial charge in [0, 0.05) is 4.90 Å². The normalized spacial score (nSPS) is 24.7. The Kier molecular flexibility index (Phi) is 3.90. The molecule has 2 aromatic rings. The highest BCUT2D eigenvalue weighted by Gasteiger charge is 2.73. The van der Waals surface area contributed by atoms with Crippen LogP contribution in [0.1, 0.15) is 17.2 Å². The van der Waals surface area contributed by atoms with Crippen molar-refractivity contribution in [3.05, 3.63) is 75.8 Å². The number of benzene rings is 2. The minimum Gasteiger partial charge on any atom is -0.385 e. The lowest BCUT2D eigenvalue weighted by molar-refractivity contribution is -0.532. The molecule has 2 aromatic carbocycles. The van der Waals surface area contributed by atoms with Crippen LogP contribution in [0.15, 0.2) is 59.5 Å². The predicted octanol–water partition coefficient (Wildman–Crippen LogP) is 3.15. The zero-order valence-electron chi connectivity index (χ0n) is 11.9. The summed E-state index contributed by atoms with van der Waals surface area (Å²) in [4.78, 5) is 11.7. The lowest BCUT2D eigenvalue weighted by Crippen LogP contribution is -2.25. The second-order valence-corrected chi connectivity index (χ2v) is 6.46. The van der Waals surface area contributed by atoms with Crippen LogP contribution in [-0.2, 0) is 4.74 Å². The van der Waals surface area contributed by atoms with E-state index in [0.717, 1.165) is 22.2 Å². The van der Waals surface area contributed by atoms with Crippen molar-refractivity contribution in [3.63, 3.8) is 0 Å². The fraction of sp³-hybridized carbons (Fsp3) is 0.250. The van der Waals surface area contributed by atoms with Gasteiger partial charge in [-0.3, -0.25) is 14.9 Å². The van der Waals surface area contributed by atoms with Crippen LogP contribution in [0.2, 0.25) is 0 Å². The first-order chi connectivity index (χ1) is 10.5. The van der Waals surface area contributed by atoms with Gasteiger partial charge in [-0.2, -0.15) is 0 Å². The highest BCUT2D eigenvalue weighted by Crippen LogP contribution is 2.54. The van der Waals surface area contributed by atoms with E-state index in [4.69, 9.17) is 4.74 Å². The fourth-order valence-corrected chi connectivity index (χ4v) is 3.36. The van der Waals surface area contributed by atoms with Crippen LogP contribution in [0.5, 0.6) is 0 Å². The molecule has 0 aromatic heterocycles. The van der Waals surface area contributed by atoms with Crippen molar-refractivity contribution in [3.8, 4) is 0 Å². The number of nitrogens with zero attached hydrogens (tertiary/aromatic N) is 1. The van der Waals surface area contributed by atoms with Crippen LogP contribution >= 0.6 is 11.8 Å². The maximum Gasteiger partial charge on any atom is 0.408 e. The highest BCUT2D eigenvalue weighted by atomic mass is 32.2. The zero-order chi connectivity index (χ0) is 15.7. The zero-order valence-corrected chi connectivity index (χ0v) is 12.7. The van der Waals surface area contributed by atoms with Gasteiger partial charge in [-0.25, -0.2) is 0 Å². The molecule has 1 aliphatic rings. The molecule has 0 amide bonds. The van der Waals surface area contributed by atoms with Gasteiger partial charge in [0.1, 0.15) is 6.10 Å². The number of aryl methyl sites for hydroxylation is 1. The molecule has 114 valence electrons. The van der Waals surface area contributed by atoms with Crippen molar-refractivity contribution in [2.45, 2.75) is 29.1 Å². The van der Waals surface area contributed by atoms with Crippen molar-refractivity contribution >= 4 is 11.8 Å². The summed E-state index contributed by atoms with van der Waals surface area (Å²) in [6, 6.07) is 16.3. The van der Waals surface area contributed by atoms with Gasteiger partial charge < -0.3 is 5.11 Å². The average molecular weight is 317 g/mol. The topological polar surface area (TPSA) is 75.9 Å². The summed E-state index contributed by atoms with van der Waals surface area (Å²) in [7, 11) is 0. The third-order valence-corrected chi connectivity index (χ3v) is 4.84. The fourth-order valence-electron chi connectivity index (χ4n) is 2.28. The molecule has 5 nitrogen and oxygen atoms in total. The molecule has 0 aliphatic carbocycles. The molecule has 1 saturated heterocycles. The molecule has 1 fully saturated rings. The minimum absolute atomic E-state index is 0.464. The first-order valence-electron chi connectivity index (χ1n) is 6.84. The Balaban J connectivity index is 1.80. The van der Waals surface area contributed by atoms with Gasteiger partial charge in [0.05, 0.1) is 4.92 Å². The van der Waals surface area contributed by atoms with Crippen molar-refractivity contribution in [1.29, 1.82) is 0 Å².